The monoisotopic (exact) mass is 288 g/mol. The van der Waals surface area contributed by atoms with Crippen molar-refractivity contribution < 1.29 is 8.42 Å². The molecule has 0 N–H and O–H groups in total. The number of fused-ring (bicyclic) bond motifs is 1. The summed E-state index contributed by atoms with van der Waals surface area (Å²) in [5, 5.41) is 0. The lowest BCUT2D eigenvalue weighted by atomic mass is 10.2. The van der Waals surface area contributed by atoms with Crippen LogP contribution in [0.4, 0.5) is 0 Å². The molecule has 0 atom stereocenters. The molecule has 0 saturated heterocycles. The van der Waals surface area contributed by atoms with Crippen LogP contribution in [0.1, 0.15) is 11.3 Å². The van der Waals surface area contributed by atoms with E-state index in [9.17, 15) is 8.42 Å². The van der Waals surface area contributed by atoms with Crippen molar-refractivity contribution in [3.8, 4) is 0 Å². The summed E-state index contributed by atoms with van der Waals surface area (Å²) in [5.41, 5.74) is 1.37. The molecule has 6 nitrogen and oxygen atoms in total. The van der Waals surface area contributed by atoms with Gasteiger partial charge in [0.05, 0.1) is 18.4 Å². The maximum atomic E-state index is 12.0. The number of hydrogen-bond donors (Lipinski definition) is 0. The van der Waals surface area contributed by atoms with Crippen LogP contribution in [0.3, 0.4) is 0 Å². The minimum atomic E-state index is -3.58. The molecule has 0 saturated carbocycles. The van der Waals surface area contributed by atoms with Gasteiger partial charge in [-0.25, -0.2) is 0 Å². The van der Waals surface area contributed by atoms with Crippen molar-refractivity contribution in [1.29, 1.82) is 0 Å². The quantitative estimate of drug-likeness (QED) is 0.826. The van der Waals surface area contributed by atoms with Crippen LogP contribution in [0, 0.1) is 0 Å². The summed E-state index contributed by atoms with van der Waals surface area (Å²) >= 11 is 0. The third-order valence-corrected chi connectivity index (χ3v) is 4.32. The lowest BCUT2D eigenvalue weighted by molar-refractivity contribution is 0.493. The van der Waals surface area contributed by atoms with Gasteiger partial charge in [0.15, 0.2) is 5.84 Å². The maximum absolute atomic E-state index is 12.0. The Labute approximate surface area is 116 Å². The zero-order valence-electron chi connectivity index (χ0n) is 10.8. The van der Waals surface area contributed by atoms with Gasteiger partial charge in [-0.05, 0) is 12.1 Å². The van der Waals surface area contributed by atoms with Crippen molar-refractivity contribution in [2.45, 2.75) is 11.4 Å². The smallest absolute Gasteiger partial charge is 0.285 e. The van der Waals surface area contributed by atoms with E-state index < -0.39 is 10.0 Å². The Balaban J connectivity index is 1.96. The summed E-state index contributed by atoms with van der Waals surface area (Å²) in [5.74, 6) is 0.436. The first-order valence-corrected chi connectivity index (χ1v) is 7.42. The van der Waals surface area contributed by atoms with Crippen molar-refractivity contribution >= 4 is 15.9 Å². The molecule has 2 aromatic rings. The lowest BCUT2D eigenvalue weighted by Gasteiger charge is -2.18. The summed E-state index contributed by atoms with van der Waals surface area (Å²) in [4.78, 5) is 10.2. The first-order valence-electron chi connectivity index (χ1n) is 5.98. The van der Waals surface area contributed by atoms with Crippen molar-refractivity contribution in [1.82, 2.24) is 14.9 Å². The van der Waals surface area contributed by atoms with Gasteiger partial charge in [-0.3, -0.25) is 9.97 Å². The van der Waals surface area contributed by atoms with Gasteiger partial charge in [-0.2, -0.15) is 8.42 Å². The second-order valence-electron chi connectivity index (χ2n) is 4.44. The van der Waals surface area contributed by atoms with Crippen molar-refractivity contribution in [3.63, 3.8) is 0 Å². The minimum Gasteiger partial charge on any atom is -0.353 e. The summed E-state index contributed by atoms with van der Waals surface area (Å²) < 4.78 is 27.8. The molecule has 1 aromatic heterocycles. The van der Waals surface area contributed by atoms with Crippen LogP contribution in [0.5, 0.6) is 0 Å². The van der Waals surface area contributed by atoms with Crippen molar-refractivity contribution in [2.24, 2.45) is 4.40 Å². The molecule has 7 heteroatoms. The largest absolute Gasteiger partial charge is 0.353 e. The minimum absolute atomic E-state index is 0.251. The normalized spacial score (nSPS) is 15.6. The predicted octanol–water partition coefficient (Wildman–Crippen LogP) is 1.06. The molecule has 0 aliphatic carbocycles. The summed E-state index contributed by atoms with van der Waals surface area (Å²) in [6, 6.07) is 6.81. The van der Waals surface area contributed by atoms with Gasteiger partial charge in [0.2, 0.25) is 0 Å². The van der Waals surface area contributed by atoms with Crippen molar-refractivity contribution in [3.05, 3.63) is 54.1 Å². The second kappa shape index (κ2) is 4.68. The summed E-state index contributed by atoms with van der Waals surface area (Å²) in [6.45, 7) is 0.441. The molecule has 0 amide bonds. The molecular weight excluding hydrogens is 276 g/mol. The first-order chi connectivity index (χ1) is 9.58. The fourth-order valence-electron chi connectivity index (χ4n) is 2.09. The van der Waals surface area contributed by atoms with Crippen LogP contribution in [0.2, 0.25) is 0 Å². The van der Waals surface area contributed by atoms with Gasteiger partial charge >= 0.3 is 0 Å². The van der Waals surface area contributed by atoms with E-state index in [4.69, 9.17) is 0 Å². The number of sulfonamides is 1. The van der Waals surface area contributed by atoms with Gasteiger partial charge in [0, 0.05) is 25.0 Å². The fraction of sp³-hybridized carbons (Fsp3) is 0.154. The number of amidine groups is 1. The molecule has 20 heavy (non-hydrogen) atoms. The Bertz CT molecular complexity index is 772. The Morgan fingerprint density at radius 3 is 2.75 bits per heavy atom. The standard InChI is InChI=1S/C13H12N4O2S/c1-17(9-10-8-14-6-7-15-10)13-11-4-2-3-5-12(11)20(18,19)16-13/h2-8H,9H2,1H3. The van der Waals surface area contributed by atoms with Gasteiger partial charge in [-0.15, -0.1) is 4.40 Å². The SMILES string of the molecule is CN(Cc1cnccn1)C1=NS(=O)(=O)c2ccccc21. The van der Waals surface area contributed by atoms with E-state index in [1.807, 2.05) is 0 Å². The highest BCUT2D eigenvalue weighted by Crippen LogP contribution is 2.27. The average Bonchev–Trinajstić information content (AvgIpc) is 2.73. The molecule has 102 valence electrons. The second-order valence-corrected chi connectivity index (χ2v) is 6.01. The van der Waals surface area contributed by atoms with E-state index in [2.05, 4.69) is 14.4 Å². The van der Waals surface area contributed by atoms with Gasteiger partial charge < -0.3 is 4.90 Å². The number of rotatable bonds is 2. The Kier molecular flexibility index (Phi) is 2.98. The maximum Gasteiger partial charge on any atom is 0.285 e. The summed E-state index contributed by atoms with van der Waals surface area (Å²) in [6.07, 6.45) is 4.84. The summed E-state index contributed by atoms with van der Waals surface area (Å²) in [7, 11) is -1.80. The third kappa shape index (κ3) is 2.16. The average molecular weight is 288 g/mol. The van der Waals surface area contributed by atoms with Crippen LogP contribution in [0.15, 0.2) is 52.1 Å². The molecule has 1 aliphatic heterocycles. The molecule has 0 bridgehead atoms. The van der Waals surface area contributed by atoms with Crippen LogP contribution in [0.25, 0.3) is 0 Å². The van der Waals surface area contributed by atoms with Gasteiger partial charge in [0.25, 0.3) is 10.0 Å². The van der Waals surface area contributed by atoms with Crippen molar-refractivity contribution in [2.75, 3.05) is 7.05 Å². The third-order valence-electron chi connectivity index (χ3n) is 2.99. The van der Waals surface area contributed by atoms with Crippen LogP contribution < -0.4 is 0 Å². The number of hydrogen-bond acceptors (Lipinski definition) is 5. The topological polar surface area (TPSA) is 75.5 Å². The van der Waals surface area contributed by atoms with E-state index in [0.717, 1.165) is 5.69 Å². The number of aromatic nitrogens is 2. The highest BCUT2D eigenvalue weighted by Gasteiger charge is 2.30. The number of benzene rings is 1. The first kappa shape index (κ1) is 12.7. The van der Waals surface area contributed by atoms with E-state index in [0.29, 0.717) is 17.9 Å². The van der Waals surface area contributed by atoms with Gasteiger partial charge in [0.1, 0.15) is 4.90 Å². The van der Waals surface area contributed by atoms with Crippen LogP contribution >= 0.6 is 0 Å². The molecule has 2 heterocycles. The fourth-order valence-corrected chi connectivity index (χ4v) is 3.34. The van der Waals surface area contributed by atoms with E-state index in [-0.39, 0.29) is 4.90 Å². The number of nitrogens with zero attached hydrogens (tertiary/aromatic N) is 4. The molecule has 0 unspecified atom stereocenters. The highest BCUT2D eigenvalue weighted by atomic mass is 32.2. The molecule has 3 rings (SSSR count). The molecule has 1 aliphatic rings. The van der Waals surface area contributed by atoms with Crippen LogP contribution in [-0.4, -0.2) is 36.2 Å². The zero-order valence-corrected chi connectivity index (χ0v) is 11.6. The highest BCUT2D eigenvalue weighted by molar-refractivity contribution is 7.90. The Morgan fingerprint density at radius 2 is 2.00 bits per heavy atom. The van der Waals surface area contributed by atoms with E-state index in [1.165, 1.54) is 0 Å². The zero-order chi connectivity index (χ0) is 14.2. The van der Waals surface area contributed by atoms with Crippen LogP contribution in [-0.2, 0) is 16.6 Å². The Hall–Kier alpha value is -2.28. The molecular formula is C13H12N4O2S. The molecule has 0 fully saturated rings. The van der Waals surface area contributed by atoms with E-state index in [1.54, 1.807) is 54.8 Å². The Morgan fingerprint density at radius 1 is 1.20 bits per heavy atom. The predicted molar refractivity (Wildman–Crippen MR) is 73.7 cm³/mol. The van der Waals surface area contributed by atoms with E-state index >= 15 is 0 Å². The van der Waals surface area contributed by atoms with Gasteiger partial charge in [-0.1, -0.05) is 12.1 Å². The molecule has 0 spiro atoms. The molecule has 1 aromatic carbocycles. The molecule has 0 radical (unpaired) electrons. The lowest BCUT2D eigenvalue weighted by Crippen LogP contribution is -2.26.